The molecule has 0 spiro atoms. The Morgan fingerprint density at radius 1 is 1.35 bits per heavy atom. The molecule has 0 radical (unpaired) electrons. The number of rotatable bonds is 5. The first-order valence-electron chi connectivity index (χ1n) is 5.64. The minimum atomic E-state index is -0.488. The standard InChI is InChI=1S/C13H18BrNO2/c1-15(2)13(17)5-3-4-12(16)10-6-8-11(14)9-7-10/h6-9,12,16H,3-5H2,1-2H3. The van der Waals surface area contributed by atoms with Gasteiger partial charge in [0.15, 0.2) is 0 Å². The lowest BCUT2D eigenvalue weighted by molar-refractivity contribution is -0.128. The van der Waals surface area contributed by atoms with Gasteiger partial charge in [0, 0.05) is 25.0 Å². The number of aliphatic hydroxyl groups excluding tert-OH is 1. The summed E-state index contributed by atoms with van der Waals surface area (Å²) in [5.74, 6) is 0.105. The minimum absolute atomic E-state index is 0.105. The second kappa shape index (κ2) is 6.77. The third-order valence-corrected chi connectivity index (χ3v) is 3.15. The van der Waals surface area contributed by atoms with Crippen LogP contribution in [-0.4, -0.2) is 30.0 Å². The fraction of sp³-hybridized carbons (Fsp3) is 0.462. The van der Waals surface area contributed by atoms with Gasteiger partial charge in [-0.3, -0.25) is 4.79 Å². The van der Waals surface area contributed by atoms with Crippen LogP contribution >= 0.6 is 15.9 Å². The van der Waals surface area contributed by atoms with Gasteiger partial charge in [0.05, 0.1) is 6.10 Å². The molecule has 0 saturated carbocycles. The molecular formula is C13H18BrNO2. The number of hydrogen-bond acceptors (Lipinski definition) is 2. The van der Waals surface area contributed by atoms with Crippen molar-refractivity contribution in [2.24, 2.45) is 0 Å². The number of carbonyl (C=O) groups is 1. The van der Waals surface area contributed by atoms with Gasteiger partial charge in [0.1, 0.15) is 0 Å². The summed E-state index contributed by atoms with van der Waals surface area (Å²) >= 11 is 3.35. The monoisotopic (exact) mass is 299 g/mol. The molecule has 1 aromatic rings. The SMILES string of the molecule is CN(C)C(=O)CCCC(O)c1ccc(Br)cc1. The maximum absolute atomic E-state index is 11.3. The Morgan fingerprint density at radius 3 is 2.47 bits per heavy atom. The normalized spacial score (nSPS) is 12.2. The quantitative estimate of drug-likeness (QED) is 0.908. The molecule has 1 atom stereocenters. The number of amides is 1. The van der Waals surface area contributed by atoms with Crippen LogP contribution in [0.2, 0.25) is 0 Å². The summed E-state index contributed by atoms with van der Waals surface area (Å²) in [5.41, 5.74) is 0.894. The molecule has 17 heavy (non-hydrogen) atoms. The molecule has 0 aliphatic rings. The average molecular weight is 300 g/mol. The fourth-order valence-corrected chi connectivity index (χ4v) is 1.79. The van der Waals surface area contributed by atoms with Gasteiger partial charge in [-0.1, -0.05) is 28.1 Å². The number of halogens is 1. The fourth-order valence-electron chi connectivity index (χ4n) is 1.52. The smallest absolute Gasteiger partial charge is 0.222 e. The van der Waals surface area contributed by atoms with E-state index in [2.05, 4.69) is 15.9 Å². The van der Waals surface area contributed by atoms with E-state index in [1.54, 1.807) is 19.0 Å². The first-order chi connectivity index (χ1) is 8.00. The van der Waals surface area contributed by atoms with Crippen LogP contribution in [0.15, 0.2) is 28.7 Å². The molecule has 1 rings (SSSR count). The molecular weight excluding hydrogens is 282 g/mol. The Hall–Kier alpha value is -0.870. The van der Waals surface area contributed by atoms with Crippen molar-refractivity contribution >= 4 is 21.8 Å². The highest BCUT2D eigenvalue weighted by atomic mass is 79.9. The second-order valence-corrected chi connectivity index (χ2v) is 5.16. The molecule has 0 heterocycles. The zero-order chi connectivity index (χ0) is 12.8. The van der Waals surface area contributed by atoms with Crippen LogP contribution in [0.4, 0.5) is 0 Å². The van der Waals surface area contributed by atoms with Gasteiger partial charge >= 0.3 is 0 Å². The summed E-state index contributed by atoms with van der Waals surface area (Å²) in [6, 6.07) is 7.60. The lowest BCUT2D eigenvalue weighted by atomic mass is 10.0. The largest absolute Gasteiger partial charge is 0.388 e. The Labute approximate surface area is 111 Å². The summed E-state index contributed by atoms with van der Waals surface area (Å²) in [7, 11) is 3.49. The van der Waals surface area contributed by atoms with Crippen LogP contribution in [0.5, 0.6) is 0 Å². The zero-order valence-electron chi connectivity index (χ0n) is 10.2. The van der Waals surface area contributed by atoms with Crippen molar-refractivity contribution in [2.45, 2.75) is 25.4 Å². The van der Waals surface area contributed by atoms with Crippen molar-refractivity contribution in [3.8, 4) is 0 Å². The molecule has 0 aliphatic carbocycles. The Morgan fingerprint density at radius 2 is 1.94 bits per heavy atom. The van der Waals surface area contributed by atoms with Gasteiger partial charge < -0.3 is 10.0 Å². The van der Waals surface area contributed by atoms with Gasteiger partial charge in [-0.2, -0.15) is 0 Å². The molecule has 0 saturated heterocycles. The molecule has 3 nitrogen and oxygen atoms in total. The van der Waals surface area contributed by atoms with Gasteiger partial charge in [-0.25, -0.2) is 0 Å². The molecule has 0 fully saturated rings. The molecule has 94 valence electrons. The third-order valence-electron chi connectivity index (χ3n) is 2.62. The highest BCUT2D eigenvalue weighted by molar-refractivity contribution is 9.10. The summed E-state index contributed by atoms with van der Waals surface area (Å²) in [4.78, 5) is 12.9. The first kappa shape index (κ1) is 14.2. The zero-order valence-corrected chi connectivity index (χ0v) is 11.8. The van der Waals surface area contributed by atoms with E-state index in [1.807, 2.05) is 24.3 Å². The van der Waals surface area contributed by atoms with E-state index in [9.17, 15) is 9.90 Å². The average Bonchev–Trinajstić information content (AvgIpc) is 2.29. The van der Waals surface area contributed by atoms with Crippen LogP contribution in [0.3, 0.4) is 0 Å². The van der Waals surface area contributed by atoms with Crippen LogP contribution in [0.25, 0.3) is 0 Å². The number of aliphatic hydroxyl groups is 1. The topological polar surface area (TPSA) is 40.5 Å². The summed E-state index contributed by atoms with van der Waals surface area (Å²) in [5, 5.41) is 9.92. The predicted octanol–water partition coefficient (Wildman–Crippen LogP) is 2.74. The predicted molar refractivity (Wildman–Crippen MR) is 71.6 cm³/mol. The Kier molecular flexibility index (Phi) is 5.65. The Balaban J connectivity index is 2.37. The van der Waals surface area contributed by atoms with Crippen molar-refractivity contribution in [1.82, 2.24) is 4.90 Å². The van der Waals surface area contributed by atoms with E-state index < -0.39 is 6.10 Å². The van der Waals surface area contributed by atoms with Crippen molar-refractivity contribution in [1.29, 1.82) is 0 Å². The van der Waals surface area contributed by atoms with E-state index >= 15 is 0 Å². The number of hydrogen-bond donors (Lipinski definition) is 1. The van der Waals surface area contributed by atoms with Crippen LogP contribution in [0.1, 0.15) is 30.9 Å². The summed E-state index contributed by atoms with van der Waals surface area (Å²) in [6.07, 6.45) is 1.31. The highest BCUT2D eigenvalue weighted by Gasteiger charge is 2.09. The van der Waals surface area contributed by atoms with Gasteiger partial charge in [-0.15, -0.1) is 0 Å². The number of nitrogens with zero attached hydrogens (tertiary/aromatic N) is 1. The summed E-state index contributed by atoms with van der Waals surface area (Å²) in [6.45, 7) is 0. The van der Waals surface area contributed by atoms with E-state index in [4.69, 9.17) is 0 Å². The molecule has 1 N–H and O–H groups in total. The van der Waals surface area contributed by atoms with Gasteiger partial charge in [0.25, 0.3) is 0 Å². The van der Waals surface area contributed by atoms with Crippen LogP contribution in [-0.2, 0) is 4.79 Å². The molecule has 1 amide bonds. The van der Waals surface area contributed by atoms with E-state index in [-0.39, 0.29) is 5.91 Å². The van der Waals surface area contributed by atoms with Crippen molar-refractivity contribution in [3.63, 3.8) is 0 Å². The lowest BCUT2D eigenvalue weighted by Gasteiger charge is -2.13. The molecule has 0 aromatic heterocycles. The maximum atomic E-state index is 11.3. The second-order valence-electron chi connectivity index (χ2n) is 4.25. The highest BCUT2D eigenvalue weighted by Crippen LogP contribution is 2.21. The van der Waals surface area contributed by atoms with E-state index in [0.717, 1.165) is 10.0 Å². The first-order valence-corrected chi connectivity index (χ1v) is 6.43. The van der Waals surface area contributed by atoms with Crippen LogP contribution in [0, 0.1) is 0 Å². The Bertz CT molecular complexity index is 362. The minimum Gasteiger partial charge on any atom is -0.388 e. The third kappa shape index (κ3) is 4.88. The lowest BCUT2D eigenvalue weighted by Crippen LogP contribution is -2.21. The molecule has 0 bridgehead atoms. The van der Waals surface area contributed by atoms with E-state index in [0.29, 0.717) is 19.3 Å². The summed E-state index contributed by atoms with van der Waals surface area (Å²) < 4.78 is 0.997. The van der Waals surface area contributed by atoms with Crippen molar-refractivity contribution in [2.75, 3.05) is 14.1 Å². The maximum Gasteiger partial charge on any atom is 0.222 e. The molecule has 0 aliphatic heterocycles. The molecule has 1 unspecified atom stereocenters. The van der Waals surface area contributed by atoms with Crippen molar-refractivity contribution in [3.05, 3.63) is 34.3 Å². The number of carbonyl (C=O) groups excluding carboxylic acids is 1. The van der Waals surface area contributed by atoms with Gasteiger partial charge in [-0.05, 0) is 30.5 Å². The molecule has 1 aromatic carbocycles. The molecule has 4 heteroatoms. The van der Waals surface area contributed by atoms with Crippen molar-refractivity contribution < 1.29 is 9.90 Å². The van der Waals surface area contributed by atoms with Gasteiger partial charge in [0.2, 0.25) is 5.91 Å². The van der Waals surface area contributed by atoms with E-state index in [1.165, 1.54) is 0 Å². The van der Waals surface area contributed by atoms with Crippen LogP contribution < -0.4 is 0 Å². The number of benzene rings is 1.